The molecule has 0 aromatic carbocycles. The fraction of sp³-hybridized carbons (Fsp3) is 0.643. The van der Waals surface area contributed by atoms with Crippen LogP contribution in [0, 0.1) is 17.8 Å². The molecule has 0 N–H and O–H groups in total. The molecule has 17 heavy (non-hydrogen) atoms. The molecule has 0 aromatic rings. The van der Waals surface area contributed by atoms with Gasteiger partial charge in [-0.3, -0.25) is 4.79 Å². The van der Waals surface area contributed by atoms with Gasteiger partial charge in [0.15, 0.2) is 5.78 Å². The lowest BCUT2D eigenvalue weighted by molar-refractivity contribution is -0.113. The normalized spacial score (nSPS) is 14.8. The zero-order chi connectivity index (χ0) is 13.3. The Balaban J connectivity index is 4.81. The van der Waals surface area contributed by atoms with Gasteiger partial charge in [-0.1, -0.05) is 18.9 Å². The van der Waals surface area contributed by atoms with Crippen LogP contribution in [0.25, 0.3) is 0 Å². The molecule has 0 heterocycles. The molecule has 0 aliphatic rings. The van der Waals surface area contributed by atoms with Gasteiger partial charge in [-0.2, -0.15) is 0 Å². The van der Waals surface area contributed by atoms with E-state index in [-0.39, 0.29) is 24.6 Å². The molecule has 96 valence electrons. The number of hydrogen-bond donors (Lipinski definition) is 0. The molecule has 2 atom stereocenters. The molecule has 0 unspecified atom stereocenters. The highest BCUT2D eigenvalue weighted by atomic mass is 16.7. The summed E-state index contributed by atoms with van der Waals surface area (Å²) in [5.74, 6) is 6.05. The first-order valence-electron chi connectivity index (χ1n) is 5.78. The Morgan fingerprint density at radius 2 is 2.06 bits per heavy atom. The van der Waals surface area contributed by atoms with Gasteiger partial charge in [0, 0.05) is 13.0 Å². The first-order valence-corrected chi connectivity index (χ1v) is 5.78. The molecule has 0 aliphatic heterocycles. The predicted molar refractivity (Wildman–Crippen MR) is 68.4 cm³/mol. The highest BCUT2D eigenvalue weighted by Gasteiger charge is 2.17. The highest BCUT2D eigenvalue weighted by Crippen LogP contribution is 2.16. The van der Waals surface area contributed by atoms with Crippen molar-refractivity contribution in [1.29, 1.82) is 0 Å². The third-order valence-electron chi connectivity index (χ3n) is 2.53. The van der Waals surface area contributed by atoms with Crippen molar-refractivity contribution in [2.45, 2.75) is 40.2 Å². The van der Waals surface area contributed by atoms with Gasteiger partial charge >= 0.3 is 0 Å². The number of ether oxygens (including phenoxy) is 2. The number of carbonyl (C=O) groups excluding carboxylic acids is 1. The minimum Gasteiger partial charge on any atom is -0.359 e. The number of hydrogen-bond acceptors (Lipinski definition) is 3. The molecular formula is C14H22O3. The van der Waals surface area contributed by atoms with Crippen molar-refractivity contribution < 1.29 is 14.3 Å². The fourth-order valence-corrected chi connectivity index (χ4v) is 1.41. The van der Waals surface area contributed by atoms with E-state index in [9.17, 15) is 4.79 Å². The van der Waals surface area contributed by atoms with E-state index >= 15 is 0 Å². The van der Waals surface area contributed by atoms with E-state index in [0.717, 1.165) is 12.0 Å². The van der Waals surface area contributed by atoms with Gasteiger partial charge < -0.3 is 9.47 Å². The van der Waals surface area contributed by atoms with Crippen LogP contribution >= 0.6 is 0 Å². The van der Waals surface area contributed by atoms with Crippen LogP contribution in [-0.2, 0) is 14.3 Å². The van der Waals surface area contributed by atoms with Crippen LogP contribution < -0.4 is 0 Å². The lowest BCUT2D eigenvalue weighted by atomic mass is 9.96. The zero-order valence-corrected chi connectivity index (χ0v) is 11.4. The van der Waals surface area contributed by atoms with E-state index in [2.05, 4.69) is 18.8 Å². The maximum atomic E-state index is 11.2. The maximum absolute atomic E-state index is 11.2. The monoisotopic (exact) mass is 238 g/mol. The van der Waals surface area contributed by atoms with Crippen LogP contribution in [0.2, 0.25) is 0 Å². The molecule has 0 spiro atoms. The van der Waals surface area contributed by atoms with Crippen molar-refractivity contribution in [3.8, 4) is 11.8 Å². The molecule has 0 bridgehead atoms. The number of allylic oxidation sites excluding steroid dienone is 1. The van der Waals surface area contributed by atoms with Gasteiger partial charge in [0.1, 0.15) is 12.9 Å². The minimum atomic E-state index is -0.223. The summed E-state index contributed by atoms with van der Waals surface area (Å²) in [6.07, 6.45) is 2.58. The first kappa shape index (κ1) is 15.9. The average Bonchev–Trinajstić information content (AvgIpc) is 2.31. The maximum Gasteiger partial charge on any atom is 0.155 e. The molecule has 3 nitrogen and oxygen atoms in total. The summed E-state index contributed by atoms with van der Waals surface area (Å²) in [6.45, 7) is 7.42. The molecular weight excluding hydrogens is 216 g/mol. The molecule has 0 saturated carbocycles. The molecule has 0 amide bonds. The Kier molecular flexibility index (Phi) is 8.39. The molecule has 0 aromatic heterocycles. The second-order valence-electron chi connectivity index (χ2n) is 3.87. The largest absolute Gasteiger partial charge is 0.359 e. The van der Waals surface area contributed by atoms with Crippen LogP contribution in [0.3, 0.4) is 0 Å². The van der Waals surface area contributed by atoms with Gasteiger partial charge in [0.2, 0.25) is 0 Å². The second-order valence-corrected chi connectivity index (χ2v) is 3.87. The third-order valence-corrected chi connectivity index (χ3v) is 2.53. The van der Waals surface area contributed by atoms with Crippen molar-refractivity contribution in [3.05, 3.63) is 11.6 Å². The fourth-order valence-electron chi connectivity index (χ4n) is 1.41. The summed E-state index contributed by atoms with van der Waals surface area (Å²) in [4.78, 5) is 11.2. The van der Waals surface area contributed by atoms with Gasteiger partial charge in [-0.15, -0.1) is 5.92 Å². The van der Waals surface area contributed by atoms with Crippen molar-refractivity contribution in [3.63, 3.8) is 0 Å². The van der Waals surface area contributed by atoms with Gasteiger partial charge in [0.05, 0.1) is 0 Å². The van der Waals surface area contributed by atoms with Crippen LogP contribution in [-0.4, -0.2) is 25.8 Å². The Morgan fingerprint density at radius 1 is 1.41 bits per heavy atom. The second kappa shape index (κ2) is 8.98. The van der Waals surface area contributed by atoms with Crippen LogP contribution in [0.1, 0.15) is 34.1 Å². The molecule has 0 saturated heterocycles. The quantitative estimate of drug-likeness (QED) is 0.388. The van der Waals surface area contributed by atoms with Crippen LogP contribution in [0.5, 0.6) is 0 Å². The van der Waals surface area contributed by atoms with E-state index in [0.29, 0.717) is 0 Å². The Morgan fingerprint density at radius 3 is 2.47 bits per heavy atom. The summed E-state index contributed by atoms with van der Waals surface area (Å²) in [7, 11) is 1.58. The first-order chi connectivity index (χ1) is 8.06. The van der Waals surface area contributed by atoms with Crippen molar-refractivity contribution in [2.24, 2.45) is 5.92 Å². The van der Waals surface area contributed by atoms with Crippen LogP contribution in [0.4, 0.5) is 0 Å². The molecule has 0 fully saturated rings. The minimum absolute atomic E-state index is 0.0819. The molecule has 0 aliphatic carbocycles. The van der Waals surface area contributed by atoms with Gasteiger partial charge in [-0.25, -0.2) is 0 Å². The summed E-state index contributed by atoms with van der Waals surface area (Å²) in [6, 6.07) is 0. The number of rotatable bonds is 7. The summed E-state index contributed by atoms with van der Waals surface area (Å²) in [5, 5.41) is 0. The summed E-state index contributed by atoms with van der Waals surface area (Å²) < 4.78 is 10.4. The number of Topliss-reactive ketones (excluding diaryl/α,β-unsaturated/α-hetero) is 1. The van der Waals surface area contributed by atoms with E-state index < -0.39 is 0 Å². The van der Waals surface area contributed by atoms with Gasteiger partial charge in [-0.05, 0) is 32.8 Å². The topological polar surface area (TPSA) is 35.5 Å². The van der Waals surface area contributed by atoms with E-state index in [1.54, 1.807) is 21.0 Å². The smallest absolute Gasteiger partial charge is 0.155 e. The zero-order valence-electron chi connectivity index (χ0n) is 11.4. The number of carbonyl (C=O) groups is 1. The van der Waals surface area contributed by atoms with Gasteiger partial charge in [0.25, 0.3) is 0 Å². The molecule has 3 heteroatoms. The van der Waals surface area contributed by atoms with E-state index in [1.165, 1.54) is 0 Å². The summed E-state index contributed by atoms with van der Waals surface area (Å²) in [5.41, 5.74) is 0.751. The third kappa shape index (κ3) is 6.25. The number of methoxy groups -OCH3 is 1. The van der Waals surface area contributed by atoms with Crippen LogP contribution in [0.15, 0.2) is 11.6 Å². The standard InChI is InChI=1S/C14H22O3/c1-6-8-14(17-10-16-5)13(7-2)9-11(3)12(4)15/h9,13-14H,7,10H2,1-5H3/b11-9+/t13-,14-/m0/s1. The van der Waals surface area contributed by atoms with E-state index in [4.69, 9.17) is 9.47 Å². The van der Waals surface area contributed by atoms with Crippen molar-refractivity contribution in [1.82, 2.24) is 0 Å². The lowest BCUT2D eigenvalue weighted by Crippen LogP contribution is -2.22. The Bertz CT molecular complexity index is 320. The summed E-state index contributed by atoms with van der Waals surface area (Å²) >= 11 is 0. The molecule has 0 radical (unpaired) electrons. The number of ketones is 1. The predicted octanol–water partition coefficient (Wildman–Crippen LogP) is 2.56. The van der Waals surface area contributed by atoms with Crippen molar-refractivity contribution in [2.75, 3.05) is 13.9 Å². The van der Waals surface area contributed by atoms with E-state index in [1.807, 2.05) is 13.0 Å². The average molecular weight is 238 g/mol. The lowest BCUT2D eigenvalue weighted by Gasteiger charge is -2.19. The molecule has 0 rings (SSSR count). The highest BCUT2D eigenvalue weighted by molar-refractivity contribution is 5.92. The Labute approximate surface area is 104 Å². The SMILES string of the molecule is CC#C[C@H](OCOC)[C@H](/C=C(\C)C(C)=O)CC. The van der Waals surface area contributed by atoms with Crippen molar-refractivity contribution >= 4 is 5.78 Å². The Hall–Kier alpha value is -1.11.